The maximum absolute atomic E-state index is 4.86. The third kappa shape index (κ3) is 3.90. The first-order chi connectivity index (χ1) is 12.3. The molecule has 2 saturated heterocycles. The Balaban J connectivity index is 1.40. The molecule has 0 amide bonds. The van der Waals surface area contributed by atoms with Crippen molar-refractivity contribution >= 4 is 11.8 Å². The molecule has 0 atom stereocenters. The summed E-state index contributed by atoms with van der Waals surface area (Å²) in [6.45, 7) is 9.21. The highest BCUT2D eigenvalue weighted by Gasteiger charge is 2.21. The van der Waals surface area contributed by atoms with Crippen LogP contribution in [-0.2, 0) is 6.54 Å². The molecule has 25 heavy (non-hydrogen) atoms. The van der Waals surface area contributed by atoms with E-state index >= 15 is 0 Å². The van der Waals surface area contributed by atoms with E-state index in [1.165, 1.54) is 12.8 Å². The number of piperazine rings is 1. The number of hydrogen-bond acceptors (Lipinski definition) is 6. The molecule has 2 aliphatic heterocycles. The summed E-state index contributed by atoms with van der Waals surface area (Å²) in [5.74, 6) is 1.98. The smallest absolute Gasteiger partial charge is 0.227 e. The normalized spacial score (nSPS) is 18.8. The van der Waals surface area contributed by atoms with Crippen LogP contribution in [0.5, 0.6) is 0 Å². The Morgan fingerprint density at radius 3 is 2.44 bits per heavy atom. The summed E-state index contributed by atoms with van der Waals surface area (Å²) in [6, 6.07) is 8.23. The Morgan fingerprint density at radius 2 is 1.72 bits per heavy atom. The zero-order chi connectivity index (χ0) is 17.1. The van der Waals surface area contributed by atoms with Crippen molar-refractivity contribution in [1.29, 1.82) is 0 Å². The van der Waals surface area contributed by atoms with Crippen molar-refractivity contribution in [3.05, 3.63) is 41.9 Å². The lowest BCUT2D eigenvalue weighted by Gasteiger charge is -2.35. The first-order valence-electron chi connectivity index (χ1n) is 9.26. The van der Waals surface area contributed by atoms with E-state index in [2.05, 4.69) is 44.8 Å². The molecule has 0 unspecified atom stereocenters. The lowest BCUT2D eigenvalue weighted by Crippen LogP contribution is -2.46. The van der Waals surface area contributed by atoms with Crippen LogP contribution in [0, 0.1) is 6.92 Å². The summed E-state index contributed by atoms with van der Waals surface area (Å²) in [4.78, 5) is 21.1. The van der Waals surface area contributed by atoms with Gasteiger partial charge in [0.2, 0.25) is 5.95 Å². The zero-order valence-corrected chi connectivity index (χ0v) is 14.9. The minimum absolute atomic E-state index is 0.888. The van der Waals surface area contributed by atoms with E-state index in [0.29, 0.717) is 0 Å². The lowest BCUT2D eigenvalue weighted by molar-refractivity contribution is 0.246. The van der Waals surface area contributed by atoms with Crippen LogP contribution in [-0.4, -0.2) is 59.1 Å². The van der Waals surface area contributed by atoms with Gasteiger partial charge in [0.05, 0.1) is 5.69 Å². The predicted octanol–water partition coefficient (Wildman–Crippen LogP) is 2.10. The van der Waals surface area contributed by atoms with E-state index in [4.69, 9.17) is 9.97 Å². The summed E-state index contributed by atoms with van der Waals surface area (Å²) < 4.78 is 0. The molecule has 0 saturated carbocycles. The third-order valence-corrected chi connectivity index (χ3v) is 5.03. The predicted molar refractivity (Wildman–Crippen MR) is 99.9 cm³/mol. The van der Waals surface area contributed by atoms with E-state index in [0.717, 1.165) is 69.0 Å². The van der Waals surface area contributed by atoms with Gasteiger partial charge in [0.1, 0.15) is 5.82 Å². The average molecular weight is 338 g/mol. The van der Waals surface area contributed by atoms with E-state index in [1.54, 1.807) is 0 Å². The van der Waals surface area contributed by atoms with E-state index in [-0.39, 0.29) is 0 Å². The molecule has 4 rings (SSSR count). The molecule has 0 N–H and O–H groups in total. The van der Waals surface area contributed by atoms with E-state index in [9.17, 15) is 0 Å². The Labute approximate surface area is 149 Å². The van der Waals surface area contributed by atoms with Gasteiger partial charge in [-0.05, 0) is 31.9 Å². The second kappa shape index (κ2) is 7.35. The number of rotatable bonds is 4. The van der Waals surface area contributed by atoms with Gasteiger partial charge in [-0.1, -0.05) is 6.07 Å². The fraction of sp³-hybridized carbons (Fsp3) is 0.526. The Bertz CT molecular complexity index is 690. The van der Waals surface area contributed by atoms with E-state index < -0.39 is 0 Å². The molecular weight excluding hydrogens is 312 g/mol. The van der Waals surface area contributed by atoms with Crippen LogP contribution >= 0.6 is 0 Å². The molecule has 132 valence electrons. The Morgan fingerprint density at radius 1 is 0.920 bits per heavy atom. The molecule has 6 nitrogen and oxygen atoms in total. The number of hydrogen-bond donors (Lipinski definition) is 0. The van der Waals surface area contributed by atoms with Gasteiger partial charge < -0.3 is 9.80 Å². The molecule has 0 aliphatic carbocycles. The first kappa shape index (κ1) is 16.3. The van der Waals surface area contributed by atoms with Gasteiger partial charge in [-0.2, -0.15) is 4.98 Å². The Hall–Kier alpha value is -2.21. The van der Waals surface area contributed by atoms with Crippen molar-refractivity contribution in [3.8, 4) is 0 Å². The fourth-order valence-corrected chi connectivity index (χ4v) is 3.61. The summed E-state index contributed by atoms with van der Waals surface area (Å²) in [7, 11) is 0. The minimum atomic E-state index is 0.888. The van der Waals surface area contributed by atoms with Crippen molar-refractivity contribution in [1.82, 2.24) is 19.9 Å². The second-order valence-corrected chi connectivity index (χ2v) is 6.95. The summed E-state index contributed by atoms with van der Waals surface area (Å²) >= 11 is 0. The molecule has 0 radical (unpaired) electrons. The third-order valence-electron chi connectivity index (χ3n) is 5.03. The van der Waals surface area contributed by atoms with Crippen molar-refractivity contribution in [2.45, 2.75) is 26.3 Å². The largest absolute Gasteiger partial charge is 0.356 e. The molecule has 2 aromatic heterocycles. The van der Waals surface area contributed by atoms with Gasteiger partial charge in [-0.15, -0.1) is 0 Å². The average Bonchev–Trinajstić information content (AvgIpc) is 3.17. The van der Waals surface area contributed by atoms with Crippen LogP contribution in [0.25, 0.3) is 0 Å². The molecule has 6 heteroatoms. The number of anilines is 2. The SMILES string of the molecule is Cc1cc(N2CCCC2)nc(N2CCN(Cc3ccccn3)CC2)n1. The van der Waals surface area contributed by atoms with Crippen molar-refractivity contribution in [2.24, 2.45) is 0 Å². The molecule has 2 aromatic rings. The number of nitrogens with zero attached hydrogens (tertiary/aromatic N) is 6. The molecule has 0 spiro atoms. The molecular formula is C19H26N6. The zero-order valence-electron chi connectivity index (χ0n) is 14.9. The van der Waals surface area contributed by atoms with Gasteiger partial charge in [-0.25, -0.2) is 4.98 Å². The summed E-state index contributed by atoms with van der Waals surface area (Å²) in [5.41, 5.74) is 2.20. The monoisotopic (exact) mass is 338 g/mol. The van der Waals surface area contributed by atoms with Crippen molar-refractivity contribution in [2.75, 3.05) is 49.1 Å². The number of aromatic nitrogens is 3. The van der Waals surface area contributed by atoms with Crippen LogP contribution in [0.15, 0.2) is 30.5 Å². The van der Waals surface area contributed by atoms with Crippen LogP contribution in [0.3, 0.4) is 0 Å². The molecule has 0 aromatic carbocycles. The highest BCUT2D eigenvalue weighted by Crippen LogP contribution is 2.22. The molecule has 2 aliphatic rings. The quantitative estimate of drug-likeness (QED) is 0.851. The van der Waals surface area contributed by atoms with E-state index in [1.807, 2.05) is 12.3 Å². The first-order valence-corrected chi connectivity index (χ1v) is 9.26. The van der Waals surface area contributed by atoms with Crippen LogP contribution < -0.4 is 9.80 Å². The standard InChI is InChI=1S/C19H26N6/c1-16-14-18(24-8-4-5-9-24)22-19(21-16)25-12-10-23(11-13-25)15-17-6-2-3-7-20-17/h2-3,6-7,14H,4-5,8-13,15H2,1H3. The summed E-state index contributed by atoms with van der Waals surface area (Å²) in [6.07, 6.45) is 4.40. The number of aryl methyl sites for hydroxylation is 1. The lowest BCUT2D eigenvalue weighted by atomic mass is 10.2. The van der Waals surface area contributed by atoms with Crippen molar-refractivity contribution in [3.63, 3.8) is 0 Å². The van der Waals surface area contributed by atoms with Crippen LogP contribution in [0.1, 0.15) is 24.2 Å². The minimum Gasteiger partial charge on any atom is -0.356 e. The van der Waals surface area contributed by atoms with Crippen LogP contribution in [0.4, 0.5) is 11.8 Å². The van der Waals surface area contributed by atoms with Gasteiger partial charge in [0, 0.05) is 63.8 Å². The van der Waals surface area contributed by atoms with Gasteiger partial charge >= 0.3 is 0 Å². The molecule has 4 heterocycles. The second-order valence-electron chi connectivity index (χ2n) is 6.95. The Kier molecular flexibility index (Phi) is 4.78. The molecule has 0 bridgehead atoms. The molecule has 2 fully saturated rings. The maximum Gasteiger partial charge on any atom is 0.227 e. The fourth-order valence-electron chi connectivity index (χ4n) is 3.61. The highest BCUT2D eigenvalue weighted by molar-refractivity contribution is 5.46. The highest BCUT2D eigenvalue weighted by atomic mass is 15.3. The van der Waals surface area contributed by atoms with Crippen LogP contribution in [0.2, 0.25) is 0 Å². The topological polar surface area (TPSA) is 48.4 Å². The van der Waals surface area contributed by atoms with Gasteiger partial charge in [0.25, 0.3) is 0 Å². The van der Waals surface area contributed by atoms with Gasteiger partial charge in [-0.3, -0.25) is 9.88 Å². The number of pyridine rings is 1. The van der Waals surface area contributed by atoms with Crippen molar-refractivity contribution < 1.29 is 0 Å². The maximum atomic E-state index is 4.86. The van der Waals surface area contributed by atoms with Gasteiger partial charge in [0.15, 0.2) is 0 Å². The summed E-state index contributed by atoms with van der Waals surface area (Å²) in [5, 5.41) is 0.